The number of halogens is 3. The molecule has 1 aromatic heterocycles. The molecule has 0 aliphatic heterocycles. The van der Waals surface area contributed by atoms with Gasteiger partial charge in [-0.2, -0.15) is 21.6 Å². The summed E-state index contributed by atoms with van der Waals surface area (Å²) in [4.78, 5) is 0. The van der Waals surface area contributed by atoms with Crippen molar-refractivity contribution in [1.82, 2.24) is 9.78 Å². The van der Waals surface area contributed by atoms with Crippen molar-refractivity contribution in [3.8, 4) is 11.6 Å². The minimum absolute atomic E-state index is 0.573. The molecule has 2 rings (SSSR count). The second-order valence-corrected chi connectivity index (χ2v) is 5.46. The second kappa shape index (κ2) is 4.82. The lowest BCUT2D eigenvalue weighted by atomic mass is 10.2. The van der Waals surface area contributed by atoms with Crippen LogP contribution in [-0.2, 0) is 10.1 Å². The van der Waals surface area contributed by atoms with Crippen molar-refractivity contribution in [2.24, 2.45) is 0 Å². The van der Waals surface area contributed by atoms with Crippen molar-refractivity contribution in [2.45, 2.75) is 12.4 Å². The van der Waals surface area contributed by atoms with E-state index in [0.29, 0.717) is 5.69 Å². The van der Waals surface area contributed by atoms with Gasteiger partial charge in [-0.1, -0.05) is 12.1 Å². The lowest BCUT2D eigenvalue weighted by Crippen LogP contribution is -2.28. The molecular formula is C11H9F3N2O3S. The van der Waals surface area contributed by atoms with Crippen LogP contribution >= 0.6 is 0 Å². The van der Waals surface area contributed by atoms with E-state index in [1.54, 1.807) is 18.2 Å². The van der Waals surface area contributed by atoms with Gasteiger partial charge in [-0.15, -0.1) is 5.10 Å². The van der Waals surface area contributed by atoms with Gasteiger partial charge < -0.3 is 4.18 Å². The maximum Gasteiger partial charge on any atom is 0.534 e. The molecule has 1 heterocycles. The Hall–Kier alpha value is -2.03. The van der Waals surface area contributed by atoms with Crippen molar-refractivity contribution in [3.63, 3.8) is 0 Å². The van der Waals surface area contributed by atoms with Gasteiger partial charge in [0.15, 0.2) is 0 Å². The van der Waals surface area contributed by atoms with E-state index in [1.165, 1.54) is 10.9 Å². The van der Waals surface area contributed by atoms with Crippen LogP contribution in [0.3, 0.4) is 0 Å². The highest BCUT2D eigenvalue weighted by molar-refractivity contribution is 7.87. The predicted molar refractivity (Wildman–Crippen MR) is 63.9 cm³/mol. The molecule has 5 nitrogen and oxygen atoms in total. The lowest BCUT2D eigenvalue weighted by molar-refractivity contribution is -0.0501. The summed E-state index contributed by atoms with van der Waals surface area (Å²) in [6, 6.07) is 8.00. The summed E-state index contributed by atoms with van der Waals surface area (Å²) in [6.45, 7) is 1.83. The van der Waals surface area contributed by atoms with E-state index >= 15 is 0 Å². The molecule has 0 aliphatic carbocycles. The predicted octanol–water partition coefficient (Wildman–Crippen LogP) is 2.41. The van der Waals surface area contributed by atoms with Crippen LogP contribution in [0.5, 0.6) is 5.88 Å². The average molecular weight is 306 g/mol. The van der Waals surface area contributed by atoms with Crippen LogP contribution in [0, 0.1) is 6.92 Å². The molecule has 0 bridgehead atoms. The highest BCUT2D eigenvalue weighted by atomic mass is 32.2. The molecule has 1 aromatic carbocycles. The number of hydrogen-bond donors (Lipinski definition) is 0. The SMILES string of the molecule is Cc1cccc(-n2ccc(OS(=O)(=O)C(F)(F)F)n2)c1. The fourth-order valence-electron chi connectivity index (χ4n) is 1.43. The molecule has 108 valence electrons. The molecule has 0 fully saturated rings. The van der Waals surface area contributed by atoms with Gasteiger partial charge in [-0.25, -0.2) is 4.68 Å². The molecule has 0 saturated heterocycles. The van der Waals surface area contributed by atoms with Crippen LogP contribution in [0.4, 0.5) is 13.2 Å². The third kappa shape index (κ3) is 2.93. The summed E-state index contributed by atoms with van der Waals surface area (Å²) in [5.74, 6) is -0.649. The minimum Gasteiger partial charge on any atom is -0.354 e. The first kappa shape index (κ1) is 14.4. The zero-order valence-electron chi connectivity index (χ0n) is 10.1. The Kier molecular flexibility index (Phi) is 3.46. The van der Waals surface area contributed by atoms with Gasteiger partial charge in [0.25, 0.3) is 5.88 Å². The molecule has 0 amide bonds. The van der Waals surface area contributed by atoms with Gasteiger partial charge >= 0.3 is 15.6 Å². The molecule has 0 unspecified atom stereocenters. The number of alkyl halides is 3. The van der Waals surface area contributed by atoms with Crippen LogP contribution in [0.15, 0.2) is 36.5 Å². The zero-order chi connectivity index (χ0) is 15.0. The van der Waals surface area contributed by atoms with E-state index in [1.807, 2.05) is 13.0 Å². The monoisotopic (exact) mass is 306 g/mol. The van der Waals surface area contributed by atoms with Crippen LogP contribution in [0.25, 0.3) is 5.69 Å². The second-order valence-electron chi connectivity index (χ2n) is 3.92. The molecule has 0 radical (unpaired) electrons. The number of rotatable bonds is 3. The minimum atomic E-state index is -5.70. The molecular weight excluding hydrogens is 297 g/mol. The number of aryl methyl sites for hydroxylation is 1. The number of hydrogen-bond acceptors (Lipinski definition) is 4. The van der Waals surface area contributed by atoms with Gasteiger partial charge in [-0.3, -0.25) is 0 Å². The largest absolute Gasteiger partial charge is 0.534 e. The highest BCUT2D eigenvalue weighted by Crippen LogP contribution is 2.26. The van der Waals surface area contributed by atoms with Gasteiger partial charge in [0.05, 0.1) is 5.69 Å². The topological polar surface area (TPSA) is 61.2 Å². The van der Waals surface area contributed by atoms with Gasteiger partial charge in [0, 0.05) is 12.3 Å². The molecule has 0 aliphatic rings. The third-order valence-electron chi connectivity index (χ3n) is 2.31. The fourth-order valence-corrected chi connectivity index (χ4v) is 1.83. The van der Waals surface area contributed by atoms with Crippen molar-refractivity contribution >= 4 is 10.1 Å². The number of benzene rings is 1. The Balaban J connectivity index is 2.27. The van der Waals surface area contributed by atoms with Crippen LogP contribution < -0.4 is 4.18 Å². The highest BCUT2D eigenvalue weighted by Gasteiger charge is 2.49. The summed E-state index contributed by atoms with van der Waals surface area (Å²) >= 11 is 0. The summed E-state index contributed by atoms with van der Waals surface area (Å²) in [6.07, 6.45) is 1.30. The first-order valence-corrected chi connectivity index (χ1v) is 6.73. The summed E-state index contributed by atoms with van der Waals surface area (Å²) in [5.41, 5.74) is -3.99. The summed E-state index contributed by atoms with van der Waals surface area (Å²) in [7, 11) is -5.70. The number of nitrogens with zero attached hydrogens (tertiary/aromatic N) is 2. The Labute approximate surface area is 112 Å². The lowest BCUT2D eigenvalue weighted by Gasteiger charge is -2.06. The Morgan fingerprint density at radius 1 is 1.25 bits per heavy atom. The van der Waals surface area contributed by atoms with Crippen molar-refractivity contribution in [3.05, 3.63) is 42.1 Å². The smallest absolute Gasteiger partial charge is 0.354 e. The van der Waals surface area contributed by atoms with E-state index in [9.17, 15) is 21.6 Å². The van der Waals surface area contributed by atoms with E-state index < -0.39 is 21.5 Å². The van der Waals surface area contributed by atoms with E-state index in [4.69, 9.17) is 0 Å². The standard InChI is InChI=1S/C11H9F3N2O3S/c1-8-3-2-4-9(7-8)16-6-5-10(15-16)19-20(17,18)11(12,13)14/h2-7H,1H3. The van der Waals surface area contributed by atoms with Crippen LogP contribution in [0.2, 0.25) is 0 Å². The first-order valence-electron chi connectivity index (χ1n) is 5.32. The van der Waals surface area contributed by atoms with E-state index in [-0.39, 0.29) is 0 Å². The van der Waals surface area contributed by atoms with Crippen LogP contribution in [-0.4, -0.2) is 23.7 Å². The summed E-state index contributed by atoms with van der Waals surface area (Å²) < 4.78 is 63.2. The van der Waals surface area contributed by atoms with Gasteiger partial charge in [-0.05, 0) is 24.6 Å². The van der Waals surface area contributed by atoms with Crippen molar-refractivity contribution in [2.75, 3.05) is 0 Å². The number of aromatic nitrogens is 2. The average Bonchev–Trinajstić information content (AvgIpc) is 2.75. The van der Waals surface area contributed by atoms with Crippen molar-refractivity contribution in [1.29, 1.82) is 0 Å². The molecule has 0 spiro atoms. The molecule has 0 atom stereocenters. The fraction of sp³-hybridized carbons (Fsp3) is 0.182. The maximum atomic E-state index is 12.2. The third-order valence-corrected chi connectivity index (χ3v) is 3.27. The molecule has 0 N–H and O–H groups in total. The first-order chi connectivity index (χ1) is 9.19. The normalized spacial score (nSPS) is 12.4. The molecule has 2 aromatic rings. The molecule has 0 saturated carbocycles. The summed E-state index contributed by atoms with van der Waals surface area (Å²) in [5, 5.41) is 3.64. The Morgan fingerprint density at radius 3 is 2.55 bits per heavy atom. The van der Waals surface area contributed by atoms with Gasteiger partial charge in [0.1, 0.15) is 0 Å². The molecule has 20 heavy (non-hydrogen) atoms. The zero-order valence-corrected chi connectivity index (χ0v) is 10.9. The Morgan fingerprint density at radius 2 is 1.95 bits per heavy atom. The van der Waals surface area contributed by atoms with Gasteiger partial charge in [0.2, 0.25) is 0 Å². The van der Waals surface area contributed by atoms with Crippen LogP contribution in [0.1, 0.15) is 5.56 Å². The quantitative estimate of drug-likeness (QED) is 0.645. The Bertz CT molecular complexity index is 723. The maximum absolute atomic E-state index is 12.2. The van der Waals surface area contributed by atoms with E-state index in [2.05, 4.69) is 9.28 Å². The van der Waals surface area contributed by atoms with Crippen molar-refractivity contribution < 1.29 is 25.8 Å². The molecule has 9 heteroatoms. The van der Waals surface area contributed by atoms with E-state index in [0.717, 1.165) is 11.6 Å².